The summed E-state index contributed by atoms with van der Waals surface area (Å²) in [6, 6.07) is 0. The average molecular weight is 272 g/mol. The molecule has 0 aliphatic heterocycles. The average Bonchev–Trinajstić information content (AvgIpc) is 2.40. The summed E-state index contributed by atoms with van der Waals surface area (Å²) in [5.74, 6) is 0. The molecule has 4 nitrogen and oxygen atoms in total. The van der Waals surface area contributed by atoms with Crippen LogP contribution in [0.1, 0.15) is 78.1 Å². The Morgan fingerprint density at radius 1 is 0.842 bits per heavy atom. The van der Waals surface area contributed by atoms with E-state index >= 15 is 0 Å². The van der Waals surface area contributed by atoms with Crippen molar-refractivity contribution >= 4 is 6.09 Å². The van der Waals surface area contributed by atoms with E-state index in [4.69, 9.17) is 4.74 Å². The molecule has 0 aromatic carbocycles. The number of hydrogen-bond donors (Lipinski definition) is 2. The van der Waals surface area contributed by atoms with Crippen LogP contribution < -0.4 is 10.9 Å². The van der Waals surface area contributed by atoms with Gasteiger partial charge in [-0.05, 0) is 13.3 Å². The molecule has 0 radical (unpaired) electrons. The van der Waals surface area contributed by atoms with Gasteiger partial charge >= 0.3 is 6.09 Å². The summed E-state index contributed by atoms with van der Waals surface area (Å²) in [7, 11) is 0. The summed E-state index contributed by atoms with van der Waals surface area (Å²) in [5.41, 5.74) is 5.37. The largest absolute Gasteiger partial charge is 0.449 e. The second-order valence-corrected chi connectivity index (χ2v) is 4.95. The van der Waals surface area contributed by atoms with Gasteiger partial charge in [0.1, 0.15) is 0 Å². The molecule has 1 amide bonds. The van der Waals surface area contributed by atoms with Gasteiger partial charge in [-0.15, -0.1) is 0 Å². The van der Waals surface area contributed by atoms with Gasteiger partial charge in [0, 0.05) is 6.54 Å². The first-order valence-electron chi connectivity index (χ1n) is 7.96. The Labute approximate surface area is 118 Å². The number of ether oxygens (including phenoxy) is 1. The molecule has 0 fully saturated rings. The van der Waals surface area contributed by atoms with Crippen LogP contribution in [0.5, 0.6) is 0 Å². The number of amides is 1. The number of hydrazine groups is 1. The third kappa shape index (κ3) is 15.2. The fourth-order valence-corrected chi connectivity index (χ4v) is 2.00. The van der Waals surface area contributed by atoms with Crippen LogP contribution >= 0.6 is 0 Å². The van der Waals surface area contributed by atoms with Crippen LogP contribution in [0.4, 0.5) is 4.79 Å². The summed E-state index contributed by atoms with van der Waals surface area (Å²) in [6.45, 7) is 5.27. The van der Waals surface area contributed by atoms with E-state index in [1.807, 2.05) is 0 Å². The SMILES string of the molecule is CCCCCCCCCCCCNNC(=O)OCC. The Kier molecular flexibility index (Phi) is 14.7. The molecule has 0 aliphatic carbocycles. The van der Waals surface area contributed by atoms with E-state index in [0.29, 0.717) is 6.61 Å². The van der Waals surface area contributed by atoms with Crippen LogP contribution in [0.15, 0.2) is 0 Å². The zero-order valence-electron chi connectivity index (χ0n) is 12.8. The maximum Gasteiger partial charge on any atom is 0.421 e. The summed E-state index contributed by atoms with van der Waals surface area (Å²) >= 11 is 0. The van der Waals surface area contributed by atoms with E-state index in [9.17, 15) is 4.79 Å². The van der Waals surface area contributed by atoms with E-state index in [2.05, 4.69) is 17.8 Å². The Morgan fingerprint density at radius 3 is 1.89 bits per heavy atom. The first kappa shape index (κ1) is 18.2. The molecule has 0 saturated heterocycles. The Hall–Kier alpha value is -0.770. The van der Waals surface area contributed by atoms with Gasteiger partial charge < -0.3 is 4.74 Å². The predicted molar refractivity (Wildman–Crippen MR) is 80.0 cm³/mol. The molecule has 0 aromatic heterocycles. The summed E-state index contributed by atoms with van der Waals surface area (Å²) in [5, 5.41) is 0. The molecule has 2 N–H and O–H groups in total. The Morgan fingerprint density at radius 2 is 1.37 bits per heavy atom. The number of carbonyl (C=O) groups excluding carboxylic acids is 1. The molecule has 0 heterocycles. The van der Waals surface area contributed by atoms with Crippen LogP contribution in [0.3, 0.4) is 0 Å². The molecule has 0 saturated carbocycles. The number of unbranched alkanes of at least 4 members (excludes halogenated alkanes) is 9. The van der Waals surface area contributed by atoms with Crippen molar-refractivity contribution in [1.29, 1.82) is 0 Å². The van der Waals surface area contributed by atoms with E-state index in [1.165, 1.54) is 57.8 Å². The smallest absolute Gasteiger partial charge is 0.421 e. The minimum absolute atomic E-state index is 0.394. The second kappa shape index (κ2) is 15.3. The zero-order valence-corrected chi connectivity index (χ0v) is 12.8. The van der Waals surface area contributed by atoms with E-state index in [1.54, 1.807) is 6.92 Å². The molecular weight excluding hydrogens is 240 g/mol. The van der Waals surface area contributed by atoms with Crippen molar-refractivity contribution in [3.05, 3.63) is 0 Å². The Bertz CT molecular complexity index is 199. The molecule has 4 heteroatoms. The second-order valence-electron chi connectivity index (χ2n) is 4.95. The van der Waals surface area contributed by atoms with Crippen molar-refractivity contribution in [1.82, 2.24) is 10.9 Å². The number of hydrogen-bond acceptors (Lipinski definition) is 3. The van der Waals surface area contributed by atoms with Crippen LogP contribution in [0, 0.1) is 0 Å². The van der Waals surface area contributed by atoms with Gasteiger partial charge in [0.25, 0.3) is 0 Å². The molecule has 0 aliphatic rings. The lowest BCUT2D eigenvalue weighted by Gasteiger charge is -2.06. The van der Waals surface area contributed by atoms with E-state index < -0.39 is 6.09 Å². The molecule has 0 bridgehead atoms. The molecule has 19 heavy (non-hydrogen) atoms. The quantitative estimate of drug-likeness (QED) is 0.391. The molecule has 0 unspecified atom stereocenters. The summed E-state index contributed by atoms with van der Waals surface area (Å²) in [4.78, 5) is 10.9. The van der Waals surface area contributed by atoms with Crippen molar-refractivity contribution in [3.8, 4) is 0 Å². The monoisotopic (exact) mass is 272 g/mol. The first-order chi connectivity index (χ1) is 9.31. The lowest BCUT2D eigenvalue weighted by atomic mass is 10.1. The predicted octanol–water partition coefficient (Wildman–Crippen LogP) is 4.16. The normalized spacial score (nSPS) is 10.4. The molecule has 0 spiro atoms. The molecule has 0 atom stereocenters. The molecule has 114 valence electrons. The summed E-state index contributed by atoms with van der Waals surface area (Å²) < 4.78 is 4.73. The maximum absolute atomic E-state index is 10.9. The topological polar surface area (TPSA) is 50.4 Å². The van der Waals surface area contributed by atoms with Gasteiger partial charge in [-0.3, -0.25) is 5.43 Å². The van der Waals surface area contributed by atoms with Crippen LogP contribution in [-0.4, -0.2) is 19.2 Å². The fraction of sp³-hybridized carbons (Fsp3) is 0.933. The van der Waals surface area contributed by atoms with Gasteiger partial charge in [-0.25, -0.2) is 10.2 Å². The third-order valence-corrected chi connectivity index (χ3v) is 3.12. The third-order valence-electron chi connectivity index (χ3n) is 3.12. The Balaban J connectivity index is 3.01. The minimum atomic E-state index is -0.394. The number of carbonyl (C=O) groups is 1. The zero-order chi connectivity index (χ0) is 14.2. The molecule has 0 rings (SSSR count). The van der Waals surface area contributed by atoms with E-state index in [0.717, 1.165) is 13.0 Å². The van der Waals surface area contributed by atoms with Crippen molar-refractivity contribution in [2.75, 3.05) is 13.2 Å². The van der Waals surface area contributed by atoms with Crippen LogP contribution in [0.2, 0.25) is 0 Å². The molecule has 0 aromatic rings. The van der Waals surface area contributed by atoms with E-state index in [-0.39, 0.29) is 0 Å². The number of nitrogens with one attached hydrogen (secondary N) is 2. The lowest BCUT2D eigenvalue weighted by molar-refractivity contribution is 0.147. The fourth-order valence-electron chi connectivity index (χ4n) is 2.00. The van der Waals surface area contributed by atoms with Crippen LogP contribution in [0.25, 0.3) is 0 Å². The summed E-state index contributed by atoms with van der Waals surface area (Å²) in [6.07, 6.45) is 12.9. The lowest BCUT2D eigenvalue weighted by Crippen LogP contribution is -2.38. The van der Waals surface area contributed by atoms with Crippen molar-refractivity contribution in [2.45, 2.75) is 78.1 Å². The highest BCUT2D eigenvalue weighted by atomic mass is 16.5. The van der Waals surface area contributed by atoms with Gasteiger partial charge in [0.15, 0.2) is 0 Å². The van der Waals surface area contributed by atoms with Gasteiger partial charge in [-0.1, -0.05) is 64.7 Å². The first-order valence-corrected chi connectivity index (χ1v) is 7.96. The van der Waals surface area contributed by atoms with Crippen molar-refractivity contribution < 1.29 is 9.53 Å². The van der Waals surface area contributed by atoms with Crippen LogP contribution in [-0.2, 0) is 4.74 Å². The van der Waals surface area contributed by atoms with Crippen molar-refractivity contribution in [2.24, 2.45) is 0 Å². The van der Waals surface area contributed by atoms with Crippen molar-refractivity contribution in [3.63, 3.8) is 0 Å². The molecular formula is C15H32N2O2. The highest BCUT2D eigenvalue weighted by molar-refractivity contribution is 5.66. The van der Waals surface area contributed by atoms with Gasteiger partial charge in [0.2, 0.25) is 0 Å². The highest BCUT2D eigenvalue weighted by Crippen LogP contribution is 2.10. The highest BCUT2D eigenvalue weighted by Gasteiger charge is 1.97. The maximum atomic E-state index is 10.9. The van der Waals surface area contributed by atoms with Gasteiger partial charge in [-0.2, -0.15) is 0 Å². The standard InChI is InChI=1S/C15H32N2O2/c1-3-5-6-7-8-9-10-11-12-13-14-16-17-15(18)19-4-2/h16H,3-14H2,1-2H3,(H,17,18). The minimum Gasteiger partial charge on any atom is -0.449 e. The number of rotatable bonds is 13. The van der Waals surface area contributed by atoms with Gasteiger partial charge in [0.05, 0.1) is 6.61 Å².